The van der Waals surface area contributed by atoms with Crippen LogP contribution in [0.2, 0.25) is 0 Å². The molecule has 47 heavy (non-hydrogen) atoms. The third-order valence-electron chi connectivity index (χ3n) is 7.77. The molecule has 0 aliphatic carbocycles. The molecule has 15 heteroatoms. The second-order valence-electron chi connectivity index (χ2n) is 11.6. The summed E-state index contributed by atoms with van der Waals surface area (Å²) in [6, 6.07) is 8.44. The zero-order valence-electron chi connectivity index (χ0n) is 27.5. The number of hydrogen-bond donors (Lipinski definition) is 1. The Bertz CT molecular complexity index is 1390. The molecule has 2 saturated heterocycles. The van der Waals surface area contributed by atoms with Gasteiger partial charge < -0.3 is 0 Å². The van der Waals surface area contributed by atoms with Crippen LogP contribution < -0.4 is 21.2 Å². The van der Waals surface area contributed by atoms with Crippen LogP contribution in [0.15, 0.2) is 48.6 Å². The molecule has 1 unspecified atom stereocenters. The summed E-state index contributed by atoms with van der Waals surface area (Å²) in [5, 5.41) is 10.7. The van der Waals surface area contributed by atoms with Crippen molar-refractivity contribution in [2.45, 2.75) is 12.8 Å². The molecule has 2 aliphatic rings. The van der Waals surface area contributed by atoms with Gasteiger partial charge in [-0.25, -0.2) is 3.11 Å². The summed E-state index contributed by atoms with van der Waals surface area (Å²) in [7, 11) is 4.03. The summed E-state index contributed by atoms with van der Waals surface area (Å²) in [6.45, 7) is 6.80. The van der Waals surface area contributed by atoms with Crippen LogP contribution in [-0.4, -0.2) is 151 Å². The number of alkyl halides is 3. The molecular formula is C32H46I3N6O4S2-. The van der Waals surface area contributed by atoms with E-state index < -0.39 is 26.0 Å². The Morgan fingerprint density at radius 1 is 1.02 bits per heavy atom. The molecule has 2 aromatic heterocycles. The van der Waals surface area contributed by atoms with E-state index in [9.17, 15) is 19.5 Å². The van der Waals surface area contributed by atoms with E-state index in [2.05, 4.69) is 62.9 Å². The Hall–Kier alpha value is -0.680. The zero-order valence-corrected chi connectivity index (χ0v) is 35.6. The first-order valence-electron chi connectivity index (χ1n) is 15.4. The van der Waals surface area contributed by atoms with Crippen molar-refractivity contribution in [1.29, 1.82) is 0 Å². The molecule has 2 aliphatic heterocycles. The van der Waals surface area contributed by atoms with E-state index in [1.807, 2.05) is 59.3 Å². The number of carbonyl (C=O) groups excluding carboxylic acids is 3. The maximum absolute atomic E-state index is 13.1. The van der Waals surface area contributed by atoms with Crippen LogP contribution in [0.3, 0.4) is 0 Å². The molecule has 1 N–H and O–H groups in total. The maximum atomic E-state index is 13.1. The van der Waals surface area contributed by atoms with Gasteiger partial charge in [0.05, 0.1) is 0 Å². The van der Waals surface area contributed by atoms with Crippen molar-refractivity contribution in [3.8, 4) is 0 Å². The second-order valence-corrected chi connectivity index (χ2v) is 25.4. The van der Waals surface area contributed by atoms with E-state index in [4.69, 9.17) is 0 Å². The normalized spacial score (nSPS) is 17.7. The molecular weight excluding hydrogens is 977 g/mol. The number of nitrogens with zero attached hydrogens (tertiary/aromatic N) is 6. The Kier molecular flexibility index (Phi) is 16.3. The monoisotopic (exact) mass is 1020 g/mol. The molecule has 4 rings (SSSR count). The van der Waals surface area contributed by atoms with Gasteiger partial charge in [0, 0.05) is 22.9 Å². The van der Waals surface area contributed by atoms with Gasteiger partial charge in [-0.05, 0) is 7.05 Å². The second kappa shape index (κ2) is 19.6. The number of carbonyl (C=O) groups is 3. The molecule has 3 amide bonds. The Morgan fingerprint density at radius 2 is 1.77 bits per heavy atom. The molecule has 2 aromatic rings. The average Bonchev–Trinajstić information content (AvgIpc) is 3.72. The minimum atomic E-state index is -0.986. The van der Waals surface area contributed by atoms with Gasteiger partial charge in [-0.1, -0.05) is 0 Å². The molecule has 262 valence electrons. The van der Waals surface area contributed by atoms with Crippen LogP contribution in [0, 0.1) is 5.77 Å². The summed E-state index contributed by atoms with van der Waals surface area (Å²) in [5.74, 6) is 0.138. The fourth-order valence-corrected chi connectivity index (χ4v) is 13.7. The third-order valence-corrected chi connectivity index (χ3v) is 18.6. The summed E-state index contributed by atoms with van der Waals surface area (Å²) in [6.07, 6.45) is 6.50. The predicted molar refractivity (Wildman–Crippen MR) is 205 cm³/mol. The van der Waals surface area contributed by atoms with Crippen LogP contribution in [0.1, 0.15) is 14.5 Å². The van der Waals surface area contributed by atoms with Gasteiger partial charge in [0.1, 0.15) is 0 Å². The number of aliphatic hydroxyl groups is 1. The standard InChI is InChI=1S/C32H46I3N6O4S2/c1-35(2)28-12-9-25(46-28)23-40-21-22-41(24-31(40)44)30(43)7-5-14-36(3)16-13-34-27-11-10-26(47-27)32(45)39-19-17-38(18-20-39)29(42)8-6-15-37(4)33/h5-12,30,43H,13-24H2,1-4H3/q-1/b7-5+,8-6+. The Morgan fingerprint density at radius 3 is 2.45 bits per heavy atom. The van der Waals surface area contributed by atoms with Gasteiger partial charge in [0.2, 0.25) is 0 Å². The summed E-state index contributed by atoms with van der Waals surface area (Å²) in [5.41, 5.74) is 0. The number of hydrogen-bond acceptors (Lipinski definition) is 9. The van der Waals surface area contributed by atoms with Crippen LogP contribution in [0.25, 0.3) is 0 Å². The summed E-state index contributed by atoms with van der Waals surface area (Å²) >= 11 is 4.44. The van der Waals surface area contributed by atoms with Gasteiger partial charge in [0.25, 0.3) is 0 Å². The predicted octanol–water partition coefficient (Wildman–Crippen LogP) is 0.277. The van der Waals surface area contributed by atoms with Crippen LogP contribution >= 0.6 is 65.4 Å². The average molecular weight is 1020 g/mol. The van der Waals surface area contributed by atoms with E-state index in [0.717, 1.165) is 22.4 Å². The van der Waals surface area contributed by atoms with E-state index in [1.54, 1.807) is 23.5 Å². The Balaban J connectivity index is 1.11. The van der Waals surface area contributed by atoms with Gasteiger partial charge in [0.15, 0.2) is 0 Å². The molecule has 0 aromatic carbocycles. The topological polar surface area (TPSA) is 90.9 Å². The Labute approximate surface area is 318 Å². The van der Waals surface area contributed by atoms with Gasteiger partial charge in [-0.3, -0.25) is 0 Å². The number of piperazine rings is 2. The van der Waals surface area contributed by atoms with Crippen molar-refractivity contribution < 1.29 is 40.7 Å². The molecule has 0 saturated carbocycles. The summed E-state index contributed by atoms with van der Waals surface area (Å²) in [4.78, 5) is 54.6. The van der Waals surface area contributed by atoms with Crippen molar-refractivity contribution >= 4 is 83.1 Å². The first-order chi connectivity index (χ1) is 22.5. The van der Waals surface area contributed by atoms with Crippen LogP contribution in [-0.2, 0) is 16.1 Å². The van der Waals surface area contributed by atoms with Crippen LogP contribution in [0.5, 0.6) is 0 Å². The molecule has 0 bridgehead atoms. The van der Waals surface area contributed by atoms with E-state index >= 15 is 0 Å². The fourth-order valence-electron chi connectivity index (χ4n) is 4.99. The SMILES string of the molecule is CN(I)C/C=C/C(=O)N1CCN(C(=O)c2ccc([I-]CCN(C)C/C=C/C(O)N3CCN(Cc4ccc(I(C)C)s4)C(=O)C3)s2)CC1. The fraction of sp³-hybridized carbons (Fsp3) is 0.531. The molecule has 2 fully saturated rings. The van der Waals surface area contributed by atoms with E-state index in [1.165, 1.54) is 10.6 Å². The number of amides is 3. The molecule has 0 radical (unpaired) electrons. The quantitative estimate of drug-likeness (QED) is 0.0903. The van der Waals surface area contributed by atoms with Crippen molar-refractivity contribution in [3.05, 3.63) is 64.1 Å². The molecule has 4 heterocycles. The molecule has 10 nitrogen and oxygen atoms in total. The van der Waals surface area contributed by atoms with Gasteiger partial charge in [-0.15, -0.1) is 0 Å². The number of thiophene rings is 2. The number of rotatable bonds is 15. The van der Waals surface area contributed by atoms with E-state index in [-0.39, 0.29) is 45.5 Å². The van der Waals surface area contributed by atoms with E-state index in [0.29, 0.717) is 52.4 Å². The number of halogens is 3. The zero-order chi connectivity index (χ0) is 33.9. The van der Waals surface area contributed by atoms with Gasteiger partial charge >= 0.3 is 289 Å². The third kappa shape index (κ3) is 12.6. The first kappa shape index (κ1) is 39.1. The van der Waals surface area contributed by atoms with Crippen molar-refractivity contribution in [2.24, 2.45) is 0 Å². The molecule has 1 atom stereocenters. The van der Waals surface area contributed by atoms with Crippen molar-refractivity contribution in [1.82, 2.24) is 27.6 Å². The molecule has 0 spiro atoms. The number of likely N-dealkylation sites (N-methyl/N-ethyl adjacent to an activating group) is 2. The van der Waals surface area contributed by atoms with Crippen molar-refractivity contribution in [2.75, 3.05) is 93.8 Å². The summed E-state index contributed by atoms with van der Waals surface area (Å²) < 4.78 is 5.85. The first-order valence-corrected chi connectivity index (χ1v) is 26.0. The van der Waals surface area contributed by atoms with Crippen LogP contribution in [0.4, 0.5) is 0 Å². The minimum absolute atomic E-state index is 0.00631. The number of aliphatic hydroxyl groups excluding tert-OH is 1. The van der Waals surface area contributed by atoms with Crippen molar-refractivity contribution in [3.63, 3.8) is 0 Å². The van der Waals surface area contributed by atoms with Gasteiger partial charge in [-0.2, -0.15) is 0 Å².